The zero-order valence-corrected chi connectivity index (χ0v) is 17.7. The number of rotatable bonds is 4. The molecular formula is C24H21F3N4O. The Morgan fingerprint density at radius 1 is 1.12 bits per heavy atom. The van der Waals surface area contributed by atoms with Crippen LogP contribution in [0, 0.1) is 0 Å². The molecule has 32 heavy (non-hydrogen) atoms. The van der Waals surface area contributed by atoms with Crippen molar-refractivity contribution in [3.63, 3.8) is 0 Å². The summed E-state index contributed by atoms with van der Waals surface area (Å²) < 4.78 is 43.3. The van der Waals surface area contributed by atoms with Gasteiger partial charge in [0.15, 0.2) is 0 Å². The molecule has 0 spiro atoms. The molecule has 2 heterocycles. The Bertz CT molecular complexity index is 1300. The first-order valence-electron chi connectivity index (χ1n) is 10.0. The summed E-state index contributed by atoms with van der Waals surface area (Å²) in [6, 6.07) is 12.9. The lowest BCUT2D eigenvalue weighted by atomic mass is 9.98. The second kappa shape index (κ2) is 8.11. The number of fused-ring (bicyclic) bond motifs is 1. The highest BCUT2D eigenvalue weighted by Gasteiger charge is 2.35. The van der Waals surface area contributed by atoms with Gasteiger partial charge in [-0.3, -0.25) is 9.78 Å². The molecule has 164 valence electrons. The maximum Gasteiger partial charge on any atom is 0.417 e. The predicted octanol–water partition coefficient (Wildman–Crippen LogP) is 5.17. The number of aryl methyl sites for hydroxylation is 1. The second-order valence-electron chi connectivity index (χ2n) is 7.58. The summed E-state index contributed by atoms with van der Waals surface area (Å²) in [6.45, 7) is 1.91. The Kier molecular flexibility index (Phi) is 5.46. The molecule has 0 fully saturated rings. The molecule has 8 heteroatoms. The van der Waals surface area contributed by atoms with Crippen molar-refractivity contribution in [1.82, 2.24) is 19.9 Å². The lowest BCUT2D eigenvalue weighted by Crippen LogP contribution is -2.18. The van der Waals surface area contributed by atoms with Crippen LogP contribution >= 0.6 is 0 Å². The van der Waals surface area contributed by atoms with Crippen molar-refractivity contribution in [3.8, 4) is 11.1 Å². The van der Waals surface area contributed by atoms with Crippen molar-refractivity contribution in [2.24, 2.45) is 7.05 Å². The fourth-order valence-electron chi connectivity index (χ4n) is 3.88. The first-order chi connectivity index (χ1) is 15.2. The van der Waals surface area contributed by atoms with Gasteiger partial charge >= 0.3 is 6.18 Å². The molecule has 0 saturated carbocycles. The van der Waals surface area contributed by atoms with Gasteiger partial charge in [-0.15, -0.1) is 0 Å². The van der Waals surface area contributed by atoms with Crippen LogP contribution in [0.1, 0.15) is 40.2 Å². The number of carbonyl (C=O) groups excluding carboxylic acids is 1. The van der Waals surface area contributed by atoms with E-state index in [4.69, 9.17) is 0 Å². The summed E-state index contributed by atoms with van der Waals surface area (Å²) in [5.41, 5.74) is 1.87. The number of halogens is 3. The molecule has 0 bridgehead atoms. The van der Waals surface area contributed by atoms with E-state index in [1.807, 2.05) is 13.0 Å². The number of hydrogen-bond donors (Lipinski definition) is 1. The number of benzene rings is 2. The topological polar surface area (TPSA) is 59.8 Å². The lowest BCUT2D eigenvalue weighted by Gasteiger charge is -2.14. The average Bonchev–Trinajstić information content (AvgIpc) is 3.13. The normalized spacial score (nSPS) is 12.7. The Labute approximate surface area is 182 Å². The highest BCUT2D eigenvalue weighted by Crippen LogP contribution is 2.40. The predicted molar refractivity (Wildman–Crippen MR) is 116 cm³/mol. The van der Waals surface area contributed by atoms with Gasteiger partial charge in [-0.25, -0.2) is 4.98 Å². The van der Waals surface area contributed by atoms with E-state index in [0.717, 1.165) is 11.6 Å². The Morgan fingerprint density at radius 2 is 1.91 bits per heavy atom. The minimum Gasteiger partial charge on any atom is -0.355 e. The first kappa shape index (κ1) is 21.5. The van der Waals surface area contributed by atoms with Crippen molar-refractivity contribution in [1.29, 1.82) is 0 Å². The van der Waals surface area contributed by atoms with Crippen LogP contribution in [0.25, 0.3) is 22.2 Å². The molecule has 4 rings (SSSR count). The van der Waals surface area contributed by atoms with Crippen LogP contribution in [0.2, 0.25) is 0 Å². The number of hydrogen-bond acceptors (Lipinski definition) is 3. The first-order valence-corrected chi connectivity index (χ1v) is 10.0. The Morgan fingerprint density at radius 3 is 2.56 bits per heavy atom. The van der Waals surface area contributed by atoms with Gasteiger partial charge in [0.1, 0.15) is 5.82 Å². The molecular weight excluding hydrogens is 417 g/mol. The van der Waals surface area contributed by atoms with Crippen molar-refractivity contribution in [2.75, 3.05) is 7.05 Å². The summed E-state index contributed by atoms with van der Waals surface area (Å²) in [4.78, 5) is 20.6. The molecule has 1 unspecified atom stereocenters. The second-order valence-corrected chi connectivity index (χ2v) is 7.58. The van der Waals surface area contributed by atoms with Gasteiger partial charge in [-0.05, 0) is 41.5 Å². The third-order valence-corrected chi connectivity index (χ3v) is 5.60. The van der Waals surface area contributed by atoms with Gasteiger partial charge in [0.05, 0.1) is 16.6 Å². The summed E-state index contributed by atoms with van der Waals surface area (Å²) in [7, 11) is 3.26. The van der Waals surface area contributed by atoms with E-state index in [-0.39, 0.29) is 17.4 Å². The number of carbonyl (C=O) groups is 1. The van der Waals surface area contributed by atoms with E-state index in [9.17, 15) is 18.0 Å². The number of nitrogens with zero attached hydrogens (tertiary/aromatic N) is 3. The van der Waals surface area contributed by atoms with Gasteiger partial charge in [-0.2, -0.15) is 13.2 Å². The maximum atomic E-state index is 13.9. The molecule has 1 amide bonds. The minimum absolute atomic E-state index is 0.0389. The van der Waals surface area contributed by atoms with E-state index >= 15 is 0 Å². The van der Waals surface area contributed by atoms with Gasteiger partial charge < -0.3 is 9.88 Å². The SMILES string of the molecule is CNC(=O)c1cccc(C(C)c2nc3cc(-c4cccnc4)c(C(F)(F)F)cc3n2C)c1. The van der Waals surface area contributed by atoms with Crippen molar-refractivity contribution < 1.29 is 18.0 Å². The third-order valence-electron chi connectivity index (χ3n) is 5.60. The van der Waals surface area contributed by atoms with Crippen molar-refractivity contribution in [3.05, 3.63) is 83.4 Å². The number of amides is 1. The fourth-order valence-corrected chi connectivity index (χ4v) is 3.88. The minimum atomic E-state index is -4.53. The smallest absolute Gasteiger partial charge is 0.355 e. The van der Waals surface area contributed by atoms with E-state index in [2.05, 4.69) is 15.3 Å². The average molecular weight is 438 g/mol. The fraction of sp³-hybridized carbons (Fsp3) is 0.208. The molecule has 0 aliphatic heterocycles. The lowest BCUT2D eigenvalue weighted by molar-refractivity contribution is -0.137. The number of aromatic nitrogens is 3. The molecule has 4 aromatic rings. The summed E-state index contributed by atoms with van der Waals surface area (Å²) >= 11 is 0. The van der Waals surface area contributed by atoms with Crippen LogP contribution in [-0.2, 0) is 13.2 Å². The summed E-state index contributed by atoms with van der Waals surface area (Å²) in [6.07, 6.45) is -1.60. The van der Waals surface area contributed by atoms with E-state index in [1.165, 1.54) is 18.5 Å². The summed E-state index contributed by atoms with van der Waals surface area (Å²) in [5.74, 6) is 0.152. The van der Waals surface area contributed by atoms with Crippen LogP contribution in [0.5, 0.6) is 0 Å². The van der Waals surface area contributed by atoms with Gasteiger partial charge in [0, 0.05) is 43.5 Å². The van der Waals surface area contributed by atoms with Crippen molar-refractivity contribution >= 4 is 16.9 Å². The van der Waals surface area contributed by atoms with E-state index < -0.39 is 11.7 Å². The van der Waals surface area contributed by atoms with E-state index in [0.29, 0.717) is 28.0 Å². The highest BCUT2D eigenvalue weighted by atomic mass is 19.4. The molecule has 0 radical (unpaired) electrons. The molecule has 1 atom stereocenters. The van der Waals surface area contributed by atoms with Gasteiger partial charge in [0.25, 0.3) is 5.91 Å². The molecule has 5 nitrogen and oxygen atoms in total. The quantitative estimate of drug-likeness (QED) is 0.479. The van der Waals surface area contributed by atoms with Crippen LogP contribution in [-0.4, -0.2) is 27.5 Å². The zero-order valence-electron chi connectivity index (χ0n) is 17.7. The number of imidazole rings is 1. The van der Waals surface area contributed by atoms with Gasteiger partial charge in [0.2, 0.25) is 0 Å². The third kappa shape index (κ3) is 3.84. The van der Waals surface area contributed by atoms with Crippen LogP contribution in [0.4, 0.5) is 13.2 Å². The zero-order chi connectivity index (χ0) is 23.0. The highest BCUT2D eigenvalue weighted by molar-refractivity contribution is 5.94. The monoisotopic (exact) mass is 438 g/mol. The van der Waals surface area contributed by atoms with Crippen LogP contribution in [0.3, 0.4) is 0 Å². The standard InChI is InChI=1S/C24H21F3N4O/c1-14(15-6-4-7-16(10-15)23(32)28-2)22-30-20-11-18(17-8-5-9-29-13-17)19(24(25,26)27)12-21(20)31(22)3/h4-14H,1-3H3,(H,28,32). The number of alkyl halides is 3. The largest absolute Gasteiger partial charge is 0.417 e. The van der Waals surface area contributed by atoms with Crippen molar-refractivity contribution in [2.45, 2.75) is 19.0 Å². The molecule has 2 aromatic heterocycles. The molecule has 0 aliphatic rings. The maximum absolute atomic E-state index is 13.9. The number of nitrogens with one attached hydrogen (secondary N) is 1. The van der Waals surface area contributed by atoms with Gasteiger partial charge in [-0.1, -0.05) is 25.1 Å². The number of pyridine rings is 1. The van der Waals surface area contributed by atoms with Crippen LogP contribution in [0.15, 0.2) is 60.9 Å². The molecule has 0 saturated heterocycles. The summed E-state index contributed by atoms with van der Waals surface area (Å²) in [5, 5.41) is 2.59. The molecule has 0 aliphatic carbocycles. The molecule has 2 aromatic carbocycles. The molecule has 1 N–H and O–H groups in total. The van der Waals surface area contributed by atoms with E-state index in [1.54, 1.807) is 49.0 Å². The van der Waals surface area contributed by atoms with Crippen LogP contribution < -0.4 is 5.32 Å². The Balaban J connectivity index is 1.86. The Hall–Kier alpha value is -3.68.